The molecule has 0 spiro atoms. The number of carbonyl (C=O) groups is 2. The normalized spacial score (nSPS) is 22.6. The lowest BCUT2D eigenvalue weighted by molar-refractivity contribution is -0.129. The van der Waals surface area contributed by atoms with E-state index in [0.717, 1.165) is 36.2 Å². The highest BCUT2D eigenvalue weighted by molar-refractivity contribution is 7.22. The summed E-state index contributed by atoms with van der Waals surface area (Å²) in [5.41, 5.74) is 1.33. The molecule has 4 atom stereocenters. The van der Waals surface area contributed by atoms with Gasteiger partial charge in [0, 0.05) is 28.8 Å². The van der Waals surface area contributed by atoms with Crippen LogP contribution in [-0.2, 0) is 23.2 Å². The standard InChI is InChI=1S/C38H31ClN6O5S/c1-20-26-17-22(39)11-14-30(26)51-33(20)28-19-31(41(3)40-28)44-34(47)27-18-29-25(32(38(27,2)35(44)48)21-9-12-24(46)13-10-21)15-16-42-36(49)43(37(50)45(29)42)23-7-5-4-6-8-23/h4-15,17,19,27,29,32,46H,16,18H2,1-3H3/t27-,29+,32-,38+/m0/s1. The van der Waals surface area contributed by atoms with Crippen LogP contribution in [0.3, 0.4) is 0 Å². The minimum atomic E-state index is -1.25. The highest BCUT2D eigenvalue weighted by atomic mass is 35.5. The van der Waals surface area contributed by atoms with Crippen LogP contribution in [0, 0.1) is 18.3 Å². The van der Waals surface area contributed by atoms with Crippen LogP contribution in [0.25, 0.3) is 26.3 Å². The van der Waals surface area contributed by atoms with Gasteiger partial charge in [0.05, 0.1) is 34.5 Å². The number of halogens is 1. The number of phenols is 1. The number of thiophene rings is 1. The number of aromatic hydroxyl groups is 1. The lowest BCUT2D eigenvalue weighted by atomic mass is 9.56. The first-order valence-corrected chi connectivity index (χ1v) is 17.8. The van der Waals surface area contributed by atoms with E-state index in [1.54, 1.807) is 77.7 Å². The Bertz CT molecular complexity index is 2610. The van der Waals surface area contributed by atoms with Crippen LogP contribution >= 0.6 is 22.9 Å². The number of aryl methyl sites for hydroxylation is 2. The van der Waals surface area contributed by atoms with Crippen molar-refractivity contribution in [2.75, 3.05) is 4.90 Å². The number of para-hydroxylation sites is 1. The third kappa shape index (κ3) is 4.32. The van der Waals surface area contributed by atoms with Gasteiger partial charge < -0.3 is 5.11 Å². The van der Waals surface area contributed by atoms with Gasteiger partial charge in [-0.3, -0.25) is 14.3 Å². The minimum Gasteiger partial charge on any atom is -0.508 e. The van der Waals surface area contributed by atoms with Crippen LogP contribution in [0.1, 0.15) is 36.4 Å². The largest absolute Gasteiger partial charge is 0.508 e. The van der Waals surface area contributed by atoms with Crippen molar-refractivity contribution in [2.24, 2.45) is 18.4 Å². The number of amides is 2. The number of fused-ring (bicyclic) bond motifs is 5. The maximum atomic E-state index is 14.9. The van der Waals surface area contributed by atoms with Crippen LogP contribution in [-0.4, -0.2) is 40.6 Å². The second-order valence-electron chi connectivity index (χ2n) is 13.7. The number of anilines is 1. The van der Waals surface area contributed by atoms with Crippen molar-refractivity contribution in [1.82, 2.24) is 23.7 Å². The van der Waals surface area contributed by atoms with Gasteiger partial charge in [0.25, 0.3) is 0 Å². The van der Waals surface area contributed by atoms with Crippen molar-refractivity contribution >= 4 is 50.7 Å². The van der Waals surface area contributed by atoms with Crippen molar-refractivity contribution in [3.05, 3.63) is 128 Å². The van der Waals surface area contributed by atoms with Crippen molar-refractivity contribution in [3.63, 3.8) is 0 Å². The molecule has 1 saturated carbocycles. The molecule has 3 aliphatic rings. The van der Waals surface area contributed by atoms with Crippen LogP contribution in [0.15, 0.2) is 100 Å². The molecule has 5 heterocycles. The molecule has 11 nitrogen and oxygen atoms in total. The van der Waals surface area contributed by atoms with E-state index >= 15 is 0 Å². The molecule has 1 N–H and O–H groups in total. The van der Waals surface area contributed by atoms with Gasteiger partial charge in [-0.15, -0.1) is 11.3 Å². The van der Waals surface area contributed by atoms with Crippen molar-refractivity contribution < 1.29 is 14.7 Å². The topological polar surface area (TPSA) is 124 Å². The van der Waals surface area contributed by atoms with E-state index in [9.17, 15) is 24.3 Å². The van der Waals surface area contributed by atoms with Gasteiger partial charge in [-0.1, -0.05) is 48.0 Å². The molecule has 0 bridgehead atoms. The van der Waals surface area contributed by atoms with Gasteiger partial charge >= 0.3 is 11.4 Å². The van der Waals surface area contributed by atoms with Crippen LogP contribution in [0.2, 0.25) is 5.02 Å². The SMILES string of the molecule is Cc1c(-c2cc(N3C(=O)[C@@H]4C[C@@H]5C(=CCn6c(=O)n(-c7ccccc7)c(=O)n65)[C@H](c5ccc(O)cc5)[C@]4(C)C3=O)n(C)n2)sc2ccc(Cl)cc12. The summed E-state index contributed by atoms with van der Waals surface area (Å²) in [5, 5.41) is 16.6. The Morgan fingerprint density at radius 3 is 2.45 bits per heavy atom. The zero-order valence-corrected chi connectivity index (χ0v) is 29.4. The smallest absolute Gasteiger partial charge is 0.352 e. The minimum absolute atomic E-state index is 0.0621. The molecule has 1 aliphatic carbocycles. The van der Waals surface area contributed by atoms with Gasteiger partial charge in [-0.2, -0.15) is 5.10 Å². The third-order valence-electron chi connectivity index (χ3n) is 11.0. The summed E-state index contributed by atoms with van der Waals surface area (Å²) >= 11 is 7.87. The van der Waals surface area contributed by atoms with Gasteiger partial charge in [0.2, 0.25) is 11.8 Å². The lowest BCUT2D eigenvalue weighted by Gasteiger charge is -2.47. The van der Waals surface area contributed by atoms with Crippen molar-refractivity contribution in [1.29, 1.82) is 0 Å². The zero-order chi connectivity index (χ0) is 35.5. The second kappa shape index (κ2) is 11.0. The van der Waals surface area contributed by atoms with E-state index in [0.29, 0.717) is 22.2 Å². The number of carbonyl (C=O) groups excluding carboxylic acids is 2. The Kier molecular flexibility index (Phi) is 6.81. The Morgan fingerprint density at radius 1 is 0.961 bits per heavy atom. The third-order valence-corrected chi connectivity index (χ3v) is 12.5. The van der Waals surface area contributed by atoms with E-state index in [1.165, 1.54) is 14.3 Å². The number of rotatable bonds is 4. The number of imide groups is 1. The average Bonchev–Trinajstić information content (AvgIpc) is 3.79. The molecule has 0 unspecified atom stereocenters. The molecule has 2 amide bonds. The van der Waals surface area contributed by atoms with Crippen LogP contribution < -0.4 is 16.3 Å². The van der Waals surface area contributed by atoms with Crippen molar-refractivity contribution in [3.8, 4) is 22.0 Å². The predicted molar refractivity (Wildman–Crippen MR) is 195 cm³/mol. The molecule has 3 aromatic carbocycles. The highest BCUT2D eigenvalue weighted by Crippen LogP contribution is 2.61. The lowest BCUT2D eigenvalue weighted by Crippen LogP contribution is -2.49. The van der Waals surface area contributed by atoms with Crippen LogP contribution in [0.5, 0.6) is 5.75 Å². The molecule has 2 aliphatic heterocycles. The fraction of sp³-hybridized carbons (Fsp3) is 0.237. The van der Waals surface area contributed by atoms with Gasteiger partial charge in [-0.05, 0) is 84.8 Å². The molecule has 256 valence electrons. The zero-order valence-electron chi connectivity index (χ0n) is 27.8. The molecule has 9 rings (SSSR count). The van der Waals surface area contributed by atoms with E-state index in [4.69, 9.17) is 16.7 Å². The molecule has 13 heteroatoms. The van der Waals surface area contributed by atoms with E-state index in [2.05, 4.69) is 0 Å². The van der Waals surface area contributed by atoms with Gasteiger partial charge in [-0.25, -0.2) is 28.4 Å². The number of nitrogens with zero attached hydrogens (tertiary/aromatic N) is 6. The van der Waals surface area contributed by atoms with E-state index < -0.39 is 40.6 Å². The first-order valence-electron chi connectivity index (χ1n) is 16.6. The quantitative estimate of drug-likeness (QED) is 0.178. The molecule has 0 radical (unpaired) electrons. The van der Waals surface area contributed by atoms with E-state index in [-0.39, 0.29) is 24.6 Å². The predicted octanol–water partition coefficient (Wildman–Crippen LogP) is 5.95. The summed E-state index contributed by atoms with van der Waals surface area (Å²) in [4.78, 5) is 59.7. The summed E-state index contributed by atoms with van der Waals surface area (Å²) < 4.78 is 6.62. The van der Waals surface area contributed by atoms with Gasteiger partial charge in [0.1, 0.15) is 17.3 Å². The molecule has 2 fully saturated rings. The Labute approximate surface area is 299 Å². The summed E-state index contributed by atoms with van der Waals surface area (Å²) in [6.07, 6.45) is 2.05. The first kappa shape index (κ1) is 31.5. The first-order chi connectivity index (χ1) is 24.5. The molecule has 3 aromatic heterocycles. The number of phenolic OH excluding ortho intramolecular Hbond substituents is 1. The maximum Gasteiger partial charge on any atom is 0.352 e. The number of allylic oxidation sites excluding steroid dienone is 2. The maximum absolute atomic E-state index is 14.9. The Balaban J connectivity index is 1.19. The number of aromatic nitrogens is 5. The monoisotopic (exact) mass is 718 g/mol. The molecular formula is C38H31ClN6O5S. The highest BCUT2D eigenvalue weighted by Gasteiger charge is 2.65. The van der Waals surface area contributed by atoms with Crippen molar-refractivity contribution in [2.45, 2.75) is 38.8 Å². The Morgan fingerprint density at radius 2 is 1.71 bits per heavy atom. The number of hydrogen-bond acceptors (Lipinski definition) is 7. The summed E-state index contributed by atoms with van der Waals surface area (Å²) in [6, 6.07) is 22.2. The van der Waals surface area contributed by atoms with Gasteiger partial charge in [0.15, 0.2) is 0 Å². The number of hydrogen-bond donors (Lipinski definition) is 1. The van der Waals surface area contributed by atoms with E-state index in [1.807, 2.05) is 44.2 Å². The average molecular weight is 719 g/mol. The van der Waals surface area contributed by atoms with Crippen LogP contribution in [0.4, 0.5) is 5.82 Å². The fourth-order valence-electron chi connectivity index (χ4n) is 8.56. The fourth-order valence-corrected chi connectivity index (χ4v) is 9.87. The summed E-state index contributed by atoms with van der Waals surface area (Å²) in [5.74, 6) is -1.84. The molecular weight excluding hydrogens is 688 g/mol. The molecule has 51 heavy (non-hydrogen) atoms. The molecule has 1 saturated heterocycles. The summed E-state index contributed by atoms with van der Waals surface area (Å²) in [7, 11) is 1.72. The summed E-state index contributed by atoms with van der Waals surface area (Å²) in [6.45, 7) is 3.94. The second-order valence-corrected chi connectivity index (χ2v) is 15.2. The number of benzene rings is 3. The molecule has 6 aromatic rings. The Hall–Kier alpha value is -5.46.